The van der Waals surface area contributed by atoms with Crippen LogP contribution in [0.1, 0.15) is 56.6 Å². The van der Waals surface area contributed by atoms with Crippen LogP contribution < -0.4 is 10.6 Å². The lowest BCUT2D eigenvalue weighted by molar-refractivity contribution is -0.130. The molecule has 0 unspecified atom stereocenters. The van der Waals surface area contributed by atoms with Gasteiger partial charge in [0.25, 0.3) is 11.8 Å². The third kappa shape index (κ3) is 4.52. The smallest absolute Gasteiger partial charge is 0.270 e. The molecule has 1 aromatic rings. The maximum atomic E-state index is 12.3. The first kappa shape index (κ1) is 20.9. The molecule has 162 valence electrons. The number of carbonyl (C=O) groups excluding carboxylic acids is 2. The van der Waals surface area contributed by atoms with E-state index in [2.05, 4.69) is 22.7 Å². The average Bonchev–Trinajstić information content (AvgIpc) is 2.66. The molecule has 0 aromatic heterocycles. The second-order valence-corrected chi connectivity index (χ2v) is 9.88. The van der Waals surface area contributed by atoms with E-state index in [1.165, 1.54) is 38.5 Å². The quantitative estimate of drug-likeness (QED) is 0.526. The summed E-state index contributed by atoms with van der Waals surface area (Å²) in [6.07, 6.45) is 8.98. The fourth-order valence-corrected chi connectivity index (χ4v) is 6.44. The first-order valence-corrected chi connectivity index (χ1v) is 11.2. The molecule has 0 aliphatic heterocycles. The van der Waals surface area contributed by atoms with Crippen molar-refractivity contribution in [2.75, 3.05) is 11.9 Å². The predicted molar refractivity (Wildman–Crippen MR) is 117 cm³/mol. The zero-order chi connectivity index (χ0) is 21.3. The summed E-state index contributed by atoms with van der Waals surface area (Å²) in [6, 6.07) is 5.94. The van der Waals surface area contributed by atoms with E-state index in [0.29, 0.717) is 0 Å². The van der Waals surface area contributed by atoms with E-state index < -0.39 is 0 Å². The summed E-state index contributed by atoms with van der Waals surface area (Å²) in [5.74, 6) is 2.00. The fourth-order valence-electron chi connectivity index (χ4n) is 6.44. The molecule has 2 amide bonds. The molecule has 4 aliphatic carbocycles. The Morgan fingerprint density at radius 3 is 2.40 bits per heavy atom. The molecule has 6 nitrogen and oxygen atoms in total. The second-order valence-electron chi connectivity index (χ2n) is 9.88. The summed E-state index contributed by atoms with van der Waals surface area (Å²) in [5, 5.41) is 9.56. The second kappa shape index (κ2) is 8.40. The number of anilines is 1. The lowest BCUT2D eigenvalue weighted by Gasteiger charge is -2.59. The lowest BCUT2D eigenvalue weighted by Crippen LogP contribution is -2.56. The number of amides is 2. The number of nitrogens with one attached hydrogen (secondary N) is 2. The topological polar surface area (TPSA) is 79.8 Å². The van der Waals surface area contributed by atoms with Crippen LogP contribution in [0.3, 0.4) is 0 Å². The number of carbonyl (C=O) groups is 2. The van der Waals surface area contributed by atoms with Crippen LogP contribution in [0.2, 0.25) is 0 Å². The van der Waals surface area contributed by atoms with Crippen molar-refractivity contribution in [3.8, 4) is 0 Å². The standard InChI is InChI=1S/C24H33N3O3/c1-15-4-5-21(16(2)6-15)27-22(28)13-25-30-14-23(29)26-17(3)24-10-18-7-19(11-24)9-20(8-18)12-24/h4-6,13,17-20H,7-12,14H2,1-3H3,(H,26,29)(H,27,28)/b25-13-/t17-,18?,19?,20?,24?/m1/s1. The van der Waals surface area contributed by atoms with Gasteiger partial charge in [0.2, 0.25) is 0 Å². The summed E-state index contributed by atoms with van der Waals surface area (Å²) >= 11 is 0. The summed E-state index contributed by atoms with van der Waals surface area (Å²) < 4.78 is 0. The van der Waals surface area contributed by atoms with E-state index >= 15 is 0 Å². The molecular formula is C24H33N3O3. The van der Waals surface area contributed by atoms with E-state index in [1.54, 1.807) is 0 Å². The van der Waals surface area contributed by atoms with E-state index in [9.17, 15) is 9.59 Å². The van der Waals surface area contributed by atoms with Crippen molar-refractivity contribution in [3.63, 3.8) is 0 Å². The van der Waals surface area contributed by atoms with Crippen LogP contribution in [-0.2, 0) is 14.4 Å². The molecule has 0 spiro atoms. The summed E-state index contributed by atoms with van der Waals surface area (Å²) in [4.78, 5) is 29.4. The maximum absolute atomic E-state index is 12.3. The SMILES string of the molecule is Cc1ccc(NC(=O)/C=N\OCC(=O)N[C@H](C)C23CC4CC(CC(C4)C2)C3)c(C)c1. The Labute approximate surface area is 178 Å². The van der Waals surface area contributed by atoms with Gasteiger partial charge in [0.15, 0.2) is 6.61 Å². The normalized spacial score (nSPS) is 30.3. The number of aryl methyl sites for hydroxylation is 2. The van der Waals surface area contributed by atoms with Crippen molar-refractivity contribution >= 4 is 23.7 Å². The molecule has 1 atom stereocenters. The van der Waals surface area contributed by atoms with Crippen LogP contribution in [0.15, 0.2) is 23.4 Å². The monoisotopic (exact) mass is 411 g/mol. The number of benzene rings is 1. The largest absolute Gasteiger partial charge is 0.386 e. The molecule has 5 rings (SSSR count). The zero-order valence-corrected chi connectivity index (χ0v) is 18.2. The predicted octanol–water partition coefficient (Wildman–Crippen LogP) is 3.97. The number of hydrogen-bond donors (Lipinski definition) is 2. The van der Waals surface area contributed by atoms with Crippen molar-refractivity contribution < 1.29 is 14.4 Å². The highest BCUT2D eigenvalue weighted by Gasteiger charge is 2.53. The van der Waals surface area contributed by atoms with Crippen LogP contribution in [-0.4, -0.2) is 30.7 Å². The Balaban J connectivity index is 1.21. The first-order valence-electron chi connectivity index (χ1n) is 11.2. The van der Waals surface area contributed by atoms with Crippen molar-refractivity contribution in [1.82, 2.24) is 5.32 Å². The Hall–Kier alpha value is -2.37. The van der Waals surface area contributed by atoms with Crippen molar-refractivity contribution in [1.29, 1.82) is 0 Å². The summed E-state index contributed by atoms with van der Waals surface area (Å²) in [6.45, 7) is 5.91. The highest BCUT2D eigenvalue weighted by Crippen LogP contribution is 2.61. The molecule has 30 heavy (non-hydrogen) atoms. The zero-order valence-electron chi connectivity index (χ0n) is 18.2. The van der Waals surface area contributed by atoms with Gasteiger partial charge >= 0.3 is 0 Å². The van der Waals surface area contributed by atoms with Crippen LogP contribution in [0.4, 0.5) is 5.69 Å². The van der Waals surface area contributed by atoms with E-state index in [1.807, 2.05) is 32.0 Å². The Kier molecular flexibility index (Phi) is 5.85. The average molecular weight is 412 g/mol. The molecule has 0 radical (unpaired) electrons. The molecular weight excluding hydrogens is 378 g/mol. The van der Waals surface area contributed by atoms with Gasteiger partial charge in [0, 0.05) is 11.7 Å². The molecule has 2 N–H and O–H groups in total. The lowest BCUT2D eigenvalue weighted by atomic mass is 9.48. The van der Waals surface area contributed by atoms with Gasteiger partial charge in [0.1, 0.15) is 6.21 Å². The molecule has 1 aromatic carbocycles. The van der Waals surface area contributed by atoms with Crippen molar-refractivity contribution in [2.24, 2.45) is 28.3 Å². The fraction of sp³-hybridized carbons (Fsp3) is 0.625. The Bertz CT molecular complexity index is 813. The number of hydrogen-bond acceptors (Lipinski definition) is 4. The van der Waals surface area contributed by atoms with Gasteiger partial charge in [-0.1, -0.05) is 22.9 Å². The number of oxime groups is 1. The van der Waals surface area contributed by atoms with E-state index in [4.69, 9.17) is 4.84 Å². The molecule has 4 fully saturated rings. The minimum absolute atomic E-state index is 0.152. The molecule has 6 heteroatoms. The highest BCUT2D eigenvalue weighted by atomic mass is 16.6. The Morgan fingerprint density at radius 2 is 1.80 bits per heavy atom. The molecule has 4 bridgehead atoms. The first-order chi connectivity index (χ1) is 14.3. The van der Waals surface area contributed by atoms with Crippen molar-refractivity contribution in [2.45, 2.75) is 65.3 Å². The summed E-state index contributed by atoms with van der Waals surface area (Å²) in [7, 11) is 0. The third-order valence-electron chi connectivity index (χ3n) is 7.46. The van der Waals surface area contributed by atoms with Crippen LogP contribution in [0, 0.1) is 37.0 Å². The minimum Gasteiger partial charge on any atom is -0.386 e. The van der Waals surface area contributed by atoms with Gasteiger partial charge < -0.3 is 15.5 Å². The molecule has 0 heterocycles. The van der Waals surface area contributed by atoms with Gasteiger partial charge in [-0.05, 0) is 94.1 Å². The molecule has 0 saturated heterocycles. The van der Waals surface area contributed by atoms with Gasteiger partial charge in [-0.25, -0.2) is 0 Å². The third-order valence-corrected chi connectivity index (χ3v) is 7.46. The van der Waals surface area contributed by atoms with Gasteiger partial charge in [-0.3, -0.25) is 9.59 Å². The number of rotatable bonds is 7. The van der Waals surface area contributed by atoms with Gasteiger partial charge in [-0.15, -0.1) is 0 Å². The van der Waals surface area contributed by atoms with Crippen molar-refractivity contribution in [3.05, 3.63) is 29.3 Å². The van der Waals surface area contributed by atoms with Crippen LogP contribution in [0.25, 0.3) is 0 Å². The summed E-state index contributed by atoms with van der Waals surface area (Å²) in [5.41, 5.74) is 3.12. The maximum Gasteiger partial charge on any atom is 0.270 e. The van der Waals surface area contributed by atoms with Crippen LogP contribution in [0.5, 0.6) is 0 Å². The molecule has 4 aliphatic rings. The Morgan fingerprint density at radius 1 is 1.17 bits per heavy atom. The molecule has 4 saturated carbocycles. The van der Waals surface area contributed by atoms with Gasteiger partial charge in [0.05, 0.1) is 0 Å². The van der Waals surface area contributed by atoms with E-state index in [-0.39, 0.29) is 29.9 Å². The highest BCUT2D eigenvalue weighted by molar-refractivity contribution is 6.31. The number of nitrogens with zero attached hydrogens (tertiary/aromatic N) is 1. The van der Waals surface area contributed by atoms with Gasteiger partial charge in [-0.2, -0.15) is 0 Å². The minimum atomic E-state index is -0.385. The van der Waals surface area contributed by atoms with Crippen LogP contribution >= 0.6 is 0 Å². The van der Waals surface area contributed by atoms with E-state index in [0.717, 1.165) is 40.8 Å².